The van der Waals surface area contributed by atoms with Gasteiger partial charge in [-0.25, -0.2) is 4.79 Å². The van der Waals surface area contributed by atoms with Gasteiger partial charge in [-0.1, -0.05) is 41.9 Å². The molecular weight excluding hydrogens is 376 g/mol. The number of likely N-dealkylation sites (N-methyl/N-ethyl adjacent to an activating group) is 1. The van der Waals surface area contributed by atoms with E-state index in [0.717, 1.165) is 34.8 Å². The Morgan fingerprint density at radius 3 is 2.46 bits per heavy atom. The largest absolute Gasteiger partial charge is 0.396 e. The van der Waals surface area contributed by atoms with Crippen LogP contribution >= 0.6 is 11.6 Å². The van der Waals surface area contributed by atoms with Crippen LogP contribution in [0.2, 0.25) is 5.02 Å². The van der Waals surface area contributed by atoms with E-state index in [0.29, 0.717) is 10.7 Å². The van der Waals surface area contributed by atoms with Gasteiger partial charge in [-0.05, 0) is 36.0 Å². The molecule has 0 radical (unpaired) electrons. The molecule has 0 bridgehead atoms. The number of benzene rings is 2. The SMILES string of the molecule is CN1CC(=O)N(Cc2ccc(-c3ccc(NCC4CC4)c(N)c3Cl)cc2)C1=O. The lowest BCUT2D eigenvalue weighted by Crippen LogP contribution is -2.30. The molecule has 0 atom stereocenters. The predicted octanol–water partition coefficient (Wildman–Crippen LogP) is 3.81. The molecule has 2 aromatic carbocycles. The van der Waals surface area contributed by atoms with E-state index in [1.54, 1.807) is 7.05 Å². The third kappa shape index (κ3) is 3.64. The van der Waals surface area contributed by atoms with Crippen molar-refractivity contribution in [1.82, 2.24) is 9.80 Å². The number of nitrogens with two attached hydrogens (primary N) is 1. The molecule has 1 saturated heterocycles. The highest BCUT2D eigenvalue weighted by Gasteiger charge is 2.33. The van der Waals surface area contributed by atoms with E-state index in [2.05, 4.69) is 5.32 Å². The number of anilines is 2. The van der Waals surface area contributed by atoms with Crippen molar-refractivity contribution in [3.63, 3.8) is 0 Å². The first-order valence-corrected chi connectivity index (χ1v) is 9.78. The Morgan fingerprint density at radius 1 is 1.14 bits per heavy atom. The van der Waals surface area contributed by atoms with Crippen molar-refractivity contribution in [2.24, 2.45) is 5.92 Å². The van der Waals surface area contributed by atoms with Crippen molar-refractivity contribution < 1.29 is 9.59 Å². The average Bonchev–Trinajstić information content (AvgIpc) is 3.48. The lowest BCUT2D eigenvalue weighted by molar-refractivity contribution is -0.125. The van der Waals surface area contributed by atoms with E-state index >= 15 is 0 Å². The number of hydrogen-bond acceptors (Lipinski definition) is 4. The highest BCUT2D eigenvalue weighted by molar-refractivity contribution is 6.36. The summed E-state index contributed by atoms with van der Waals surface area (Å²) >= 11 is 6.53. The zero-order valence-electron chi connectivity index (χ0n) is 15.7. The molecule has 0 aromatic heterocycles. The number of rotatable bonds is 6. The maximum atomic E-state index is 12.0. The summed E-state index contributed by atoms with van der Waals surface area (Å²) in [5.41, 5.74) is 10.3. The van der Waals surface area contributed by atoms with Crippen LogP contribution in [0.5, 0.6) is 0 Å². The molecule has 1 heterocycles. The fourth-order valence-electron chi connectivity index (χ4n) is 3.34. The smallest absolute Gasteiger partial charge is 0.327 e. The van der Waals surface area contributed by atoms with Crippen LogP contribution in [0.1, 0.15) is 18.4 Å². The number of halogens is 1. The predicted molar refractivity (Wildman–Crippen MR) is 111 cm³/mol. The van der Waals surface area contributed by atoms with Crippen LogP contribution in [0.25, 0.3) is 11.1 Å². The van der Waals surface area contributed by atoms with Crippen LogP contribution in [0.4, 0.5) is 16.2 Å². The Hall–Kier alpha value is -2.73. The van der Waals surface area contributed by atoms with E-state index in [9.17, 15) is 9.59 Å². The topological polar surface area (TPSA) is 78.7 Å². The second-order valence-corrected chi connectivity index (χ2v) is 7.91. The van der Waals surface area contributed by atoms with Crippen molar-refractivity contribution >= 4 is 34.9 Å². The first-order valence-electron chi connectivity index (χ1n) is 9.40. The molecular formula is C21H23ClN4O2. The molecule has 1 saturated carbocycles. The van der Waals surface area contributed by atoms with Gasteiger partial charge in [0.2, 0.25) is 0 Å². The van der Waals surface area contributed by atoms with Crippen LogP contribution in [0.15, 0.2) is 36.4 Å². The second kappa shape index (κ2) is 7.36. The molecule has 0 unspecified atom stereocenters. The summed E-state index contributed by atoms with van der Waals surface area (Å²) in [6, 6.07) is 11.3. The van der Waals surface area contributed by atoms with E-state index in [4.69, 9.17) is 17.3 Å². The molecule has 3 amide bonds. The van der Waals surface area contributed by atoms with Crippen LogP contribution in [0, 0.1) is 5.92 Å². The van der Waals surface area contributed by atoms with Crippen molar-refractivity contribution in [2.75, 3.05) is 31.2 Å². The summed E-state index contributed by atoms with van der Waals surface area (Å²) in [6.07, 6.45) is 2.55. The molecule has 2 aromatic rings. The average molecular weight is 399 g/mol. The lowest BCUT2D eigenvalue weighted by Gasteiger charge is -2.15. The molecule has 1 aliphatic carbocycles. The Bertz CT molecular complexity index is 925. The van der Waals surface area contributed by atoms with Gasteiger partial charge in [0.05, 0.1) is 22.9 Å². The van der Waals surface area contributed by atoms with Crippen LogP contribution in [-0.2, 0) is 11.3 Å². The summed E-state index contributed by atoms with van der Waals surface area (Å²) in [6.45, 7) is 1.33. The minimum Gasteiger partial charge on any atom is -0.396 e. The monoisotopic (exact) mass is 398 g/mol. The number of carbonyl (C=O) groups is 2. The van der Waals surface area contributed by atoms with Gasteiger partial charge in [0.25, 0.3) is 5.91 Å². The number of carbonyl (C=O) groups excluding carboxylic acids is 2. The maximum Gasteiger partial charge on any atom is 0.327 e. The van der Waals surface area contributed by atoms with Crippen molar-refractivity contribution in [3.8, 4) is 11.1 Å². The van der Waals surface area contributed by atoms with Crippen LogP contribution in [0.3, 0.4) is 0 Å². The van der Waals surface area contributed by atoms with E-state index in [1.807, 2.05) is 36.4 Å². The summed E-state index contributed by atoms with van der Waals surface area (Å²) < 4.78 is 0. The molecule has 2 aliphatic rings. The number of amides is 3. The summed E-state index contributed by atoms with van der Waals surface area (Å²) in [5, 5.41) is 3.90. The fraction of sp³-hybridized carbons (Fsp3) is 0.333. The number of nitrogens with zero attached hydrogens (tertiary/aromatic N) is 2. The fourth-order valence-corrected chi connectivity index (χ4v) is 3.62. The van der Waals surface area contributed by atoms with E-state index in [1.165, 1.54) is 22.6 Å². The van der Waals surface area contributed by atoms with Crippen LogP contribution in [-0.4, -0.2) is 41.9 Å². The number of nitrogen functional groups attached to an aromatic ring is 1. The third-order valence-electron chi connectivity index (χ3n) is 5.29. The number of hydrogen-bond donors (Lipinski definition) is 2. The highest BCUT2D eigenvalue weighted by Crippen LogP contribution is 2.38. The number of imide groups is 1. The lowest BCUT2D eigenvalue weighted by atomic mass is 10.0. The third-order valence-corrected chi connectivity index (χ3v) is 5.70. The normalized spacial score (nSPS) is 16.8. The highest BCUT2D eigenvalue weighted by atomic mass is 35.5. The summed E-state index contributed by atoms with van der Waals surface area (Å²) in [5.74, 6) is 0.571. The summed E-state index contributed by atoms with van der Waals surface area (Å²) in [7, 11) is 1.62. The van der Waals surface area contributed by atoms with Gasteiger partial charge in [-0.15, -0.1) is 0 Å². The molecule has 4 rings (SSSR count). The van der Waals surface area contributed by atoms with Gasteiger partial charge < -0.3 is 16.0 Å². The molecule has 0 spiro atoms. The zero-order valence-corrected chi connectivity index (χ0v) is 16.5. The Morgan fingerprint density at radius 2 is 1.86 bits per heavy atom. The standard InChI is InChI=1S/C21H23ClN4O2/c1-25-12-18(27)26(21(25)28)11-14-4-6-15(7-5-14)16-8-9-17(20(23)19(16)22)24-10-13-2-3-13/h4-9,13,24H,2-3,10-12,23H2,1H3. The van der Waals surface area contributed by atoms with Gasteiger partial charge >= 0.3 is 6.03 Å². The van der Waals surface area contributed by atoms with Gasteiger partial charge in [0.15, 0.2) is 0 Å². The van der Waals surface area contributed by atoms with Gasteiger partial charge in [0, 0.05) is 19.2 Å². The Kier molecular flexibility index (Phi) is 4.89. The maximum absolute atomic E-state index is 12.0. The van der Waals surface area contributed by atoms with Gasteiger partial charge in [-0.2, -0.15) is 0 Å². The van der Waals surface area contributed by atoms with Crippen molar-refractivity contribution in [1.29, 1.82) is 0 Å². The molecule has 7 heteroatoms. The molecule has 146 valence electrons. The van der Waals surface area contributed by atoms with E-state index < -0.39 is 0 Å². The first kappa shape index (κ1) is 18.6. The van der Waals surface area contributed by atoms with Gasteiger partial charge in [-0.3, -0.25) is 9.69 Å². The van der Waals surface area contributed by atoms with Crippen LogP contribution < -0.4 is 11.1 Å². The molecule has 2 fully saturated rings. The van der Waals surface area contributed by atoms with E-state index in [-0.39, 0.29) is 25.0 Å². The summed E-state index contributed by atoms with van der Waals surface area (Å²) in [4.78, 5) is 26.6. The second-order valence-electron chi connectivity index (χ2n) is 7.53. The minimum absolute atomic E-state index is 0.132. The molecule has 6 nitrogen and oxygen atoms in total. The van der Waals surface area contributed by atoms with Crippen molar-refractivity contribution in [2.45, 2.75) is 19.4 Å². The quantitative estimate of drug-likeness (QED) is 0.573. The number of urea groups is 1. The first-order chi connectivity index (χ1) is 13.4. The minimum atomic E-state index is -0.265. The Balaban J connectivity index is 1.49. The molecule has 1 aliphatic heterocycles. The Labute approximate surface area is 169 Å². The van der Waals surface area contributed by atoms with Crippen molar-refractivity contribution in [3.05, 3.63) is 47.0 Å². The molecule has 3 N–H and O–H groups in total. The molecule has 28 heavy (non-hydrogen) atoms. The number of nitrogens with one attached hydrogen (secondary N) is 1. The van der Waals surface area contributed by atoms with Gasteiger partial charge in [0.1, 0.15) is 6.54 Å². The zero-order chi connectivity index (χ0) is 19.8.